The molecule has 0 saturated heterocycles. The average molecular weight is 361 g/mol. The van der Waals surface area contributed by atoms with Crippen molar-refractivity contribution in [2.45, 2.75) is 13.3 Å². The second-order valence-corrected chi connectivity index (χ2v) is 5.58. The third-order valence-corrected chi connectivity index (χ3v) is 3.93. The highest BCUT2D eigenvalue weighted by molar-refractivity contribution is 5.79. The lowest BCUT2D eigenvalue weighted by atomic mass is 10.0. The molecule has 3 rings (SSSR count). The lowest BCUT2D eigenvalue weighted by molar-refractivity contribution is 0.509. The van der Waals surface area contributed by atoms with E-state index in [0.29, 0.717) is 17.9 Å². The second-order valence-electron chi connectivity index (χ2n) is 5.58. The molecule has 7 heteroatoms. The van der Waals surface area contributed by atoms with Gasteiger partial charge >= 0.3 is 0 Å². The average Bonchev–Trinajstić information content (AvgIpc) is 2.65. The molecule has 0 aliphatic heterocycles. The standard InChI is InChI=1S/C19H15F4N3/c1-3-16-19(24-2)26-18(11-5-7-13(21)15(23)9-11)17(25-16)10-4-6-12(20)14(22)8-10/h4-9H,3H2,1-2H3,(H,24,26). The first-order valence-corrected chi connectivity index (χ1v) is 7.94. The number of nitrogens with zero attached hydrogens (tertiary/aromatic N) is 2. The van der Waals surface area contributed by atoms with Gasteiger partial charge in [-0.05, 0) is 42.8 Å². The summed E-state index contributed by atoms with van der Waals surface area (Å²) >= 11 is 0. The van der Waals surface area contributed by atoms with E-state index in [1.165, 1.54) is 12.1 Å². The first-order valence-electron chi connectivity index (χ1n) is 7.94. The minimum atomic E-state index is -1.04. The fourth-order valence-electron chi connectivity index (χ4n) is 2.61. The second kappa shape index (κ2) is 7.11. The molecule has 0 amide bonds. The summed E-state index contributed by atoms with van der Waals surface area (Å²) in [6.07, 6.45) is 0.540. The van der Waals surface area contributed by atoms with E-state index >= 15 is 0 Å². The van der Waals surface area contributed by atoms with E-state index in [0.717, 1.165) is 24.3 Å². The van der Waals surface area contributed by atoms with Crippen LogP contribution in [0.4, 0.5) is 23.4 Å². The van der Waals surface area contributed by atoms with Gasteiger partial charge in [0.05, 0.1) is 17.1 Å². The van der Waals surface area contributed by atoms with Crippen molar-refractivity contribution in [1.29, 1.82) is 0 Å². The van der Waals surface area contributed by atoms with Gasteiger partial charge in [-0.1, -0.05) is 6.92 Å². The van der Waals surface area contributed by atoms with Gasteiger partial charge in [0.1, 0.15) is 5.82 Å². The number of aromatic nitrogens is 2. The van der Waals surface area contributed by atoms with Gasteiger partial charge in [0.15, 0.2) is 23.3 Å². The van der Waals surface area contributed by atoms with Crippen LogP contribution in [0.15, 0.2) is 36.4 Å². The van der Waals surface area contributed by atoms with Crippen LogP contribution in [0, 0.1) is 23.3 Å². The maximum Gasteiger partial charge on any atom is 0.159 e. The number of halogens is 4. The Bertz CT molecular complexity index is 895. The number of rotatable bonds is 4. The van der Waals surface area contributed by atoms with Crippen LogP contribution in [0.25, 0.3) is 22.5 Å². The SMILES string of the molecule is CCc1nc(-c2ccc(F)c(F)c2)c(-c2ccc(F)c(F)c2)nc1NC. The quantitative estimate of drug-likeness (QED) is 0.667. The maximum atomic E-state index is 13.7. The first-order chi connectivity index (χ1) is 12.4. The number of anilines is 1. The van der Waals surface area contributed by atoms with Crippen molar-refractivity contribution in [3.63, 3.8) is 0 Å². The molecule has 26 heavy (non-hydrogen) atoms. The minimum Gasteiger partial charge on any atom is -0.372 e. The monoisotopic (exact) mass is 361 g/mol. The Morgan fingerprint density at radius 2 is 1.27 bits per heavy atom. The topological polar surface area (TPSA) is 37.8 Å². The molecular weight excluding hydrogens is 346 g/mol. The molecule has 0 atom stereocenters. The van der Waals surface area contributed by atoms with Gasteiger partial charge in [-0.3, -0.25) is 0 Å². The predicted octanol–water partition coefficient (Wildman–Crippen LogP) is 4.97. The van der Waals surface area contributed by atoms with E-state index in [1.807, 2.05) is 6.92 Å². The van der Waals surface area contributed by atoms with Crippen molar-refractivity contribution >= 4 is 5.82 Å². The highest BCUT2D eigenvalue weighted by atomic mass is 19.2. The molecule has 0 saturated carbocycles. The number of aryl methyl sites for hydroxylation is 1. The molecule has 3 nitrogen and oxygen atoms in total. The Balaban J connectivity index is 2.29. The number of benzene rings is 2. The van der Waals surface area contributed by atoms with Gasteiger partial charge in [-0.2, -0.15) is 0 Å². The van der Waals surface area contributed by atoms with Crippen molar-refractivity contribution in [1.82, 2.24) is 9.97 Å². The summed E-state index contributed by atoms with van der Waals surface area (Å²) in [7, 11) is 1.66. The van der Waals surface area contributed by atoms with E-state index in [1.54, 1.807) is 7.05 Å². The van der Waals surface area contributed by atoms with Gasteiger partial charge in [0, 0.05) is 18.2 Å². The molecule has 0 aliphatic carbocycles. The zero-order valence-electron chi connectivity index (χ0n) is 14.1. The molecule has 0 unspecified atom stereocenters. The van der Waals surface area contributed by atoms with Gasteiger partial charge in [-0.25, -0.2) is 27.5 Å². The summed E-state index contributed by atoms with van der Waals surface area (Å²) in [5, 5.41) is 2.91. The fraction of sp³-hybridized carbons (Fsp3) is 0.158. The van der Waals surface area contributed by atoms with Crippen molar-refractivity contribution in [3.8, 4) is 22.5 Å². The van der Waals surface area contributed by atoms with Crippen LogP contribution in [0.2, 0.25) is 0 Å². The summed E-state index contributed by atoms with van der Waals surface area (Å²) in [4.78, 5) is 8.95. The molecule has 1 N–H and O–H groups in total. The molecule has 1 aromatic heterocycles. The van der Waals surface area contributed by atoms with E-state index in [2.05, 4.69) is 15.3 Å². The van der Waals surface area contributed by atoms with Crippen molar-refractivity contribution < 1.29 is 17.6 Å². The third kappa shape index (κ3) is 3.24. The molecule has 1 heterocycles. The highest BCUT2D eigenvalue weighted by Gasteiger charge is 2.18. The number of hydrogen-bond acceptors (Lipinski definition) is 3. The van der Waals surface area contributed by atoms with Crippen LogP contribution in [0.1, 0.15) is 12.6 Å². The molecule has 0 spiro atoms. The van der Waals surface area contributed by atoms with E-state index in [-0.39, 0.29) is 22.5 Å². The molecule has 3 aromatic rings. The number of nitrogens with one attached hydrogen (secondary N) is 1. The Hall–Kier alpha value is -2.96. The zero-order valence-corrected chi connectivity index (χ0v) is 14.1. The van der Waals surface area contributed by atoms with Gasteiger partial charge in [-0.15, -0.1) is 0 Å². The van der Waals surface area contributed by atoms with E-state index < -0.39 is 23.3 Å². The van der Waals surface area contributed by atoms with Crippen molar-refractivity contribution in [2.24, 2.45) is 0 Å². The van der Waals surface area contributed by atoms with Gasteiger partial charge in [0.25, 0.3) is 0 Å². The summed E-state index contributed by atoms with van der Waals surface area (Å²) in [6, 6.07) is 6.68. The van der Waals surface area contributed by atoms with Crippen LogP contribution in [0.3, 0.4) is 0 Å². The zero-order chi connectivity index (χ0) is 18.8. The lowest BCUT2D eigenvalue weighted by Crippen LogP contribution is -2.05. The van der Waals surface area contributed by atoms with Crippen LogP contribution in [-0.2, 0) is 6.42 Å². The molecular formula is C19H15F4N3. The highest BCUT2D eigenvalue weighted by Crippen LogP contribution is 2.33. The summed E-state index contributed by atoms with van der Waals surface area (Å²) in [5.74, 6) is -3.57. The summed E-state index contributed by atoms with van der Waals surface area (Å²) < 4.78 is 54.0. The molecule has 0 aliphatic rings. The van der Waals surface area contributed by atoms with E-state index in [4.69, 9.17) is 0 Å². The molecule has 0 radical (unpaired) electrons. The van der Waals surface area contributed by atoms with E-state index in [9.17, 15) is 17.6 Å². The Kier molecular flexibility index (Phi) is 4.88. The fourth-order valence-corrected chi connectivity index (χ4v) is 2.61. The normalized spacial score (nSPS) is 10.8. The lowest BCUT2D eigenvalue weighted by Gasteiger charge is -2.14. The molecule has 134 valence electrons. The molecule has 0 fully saturated rings. The van der Waals surface area contributed by atoms with Gasteiger partial charge in [0.2, 0.25) is 0 Å². The van der Waals surface area contributed by atoms with Crippen LogP contribution < -0.4 is 5.32 Å². The maximum absolute atomic E-state index is 13.7. The Morgan fingerprint density at radius 3 is 1.69 bits per heavy atom. The smallest absolute Gasteiger partial charge is 0.159 e. The predicted molar refractivity (Wildman–Crippen MR) is 91.7 cm³/mol. The number of hydrogen-bond donors (Lipinski definition) is 1. The first kappa shape index (κ1) is 17.8. The minimum absolute atomic E-state index is 0.233. The molecule has 0 bridgehead atoms. The Morgan fingerprint density at radius 1 is 0.769 bits per heavy atom. The van der Waals surface area contributed by atoms with Crippen LogP contribution in [-0.4, -0.2) is 17.0 Å². The van der Waals surface area contributed by atoms with Gasteiger partial charge < -0.3 is 5.32 Å². The van der Waals surface area contributed by atoms with Crippen molar-refractivity contribution in [2.75, 3.05) is 12.4 Å². The Labute approximate surface area is 147 Å². The summed E-state index contributed by atoms with van der Waals surface area (Å²) in [6.45, 7) is 1.87. The largest absolute Gasteiger partial charge is 0.372 e. The van der Waals surface area contributed by atoms with Crippen LogP contribution >= 0.6 is 0 Å². The summed E-state index contributed by atoms with van der Waals surface area (Å²) in [5.41, 5.74) is 1.66. The van der Waals surface area contributed by atoms with Crippen LogP contribution in [0.5, 0.6) is 0 Å². The van der Waals surface area contributed by atoms with Crippen molar-refractivity contribution in [3.05, 3.63) is 65.4 Å². The molecule has 2 aromatic carbocycles. The third-order valence-electron chi connectivity index (χ3n) is 3.93.